The topological polar surface area (TPSA) is 55.1 Å². The molecule has 17 heavy (non-hydrogen) atoms. The Labute approximate surface area is 114 Å². The number of halogens is 1. The van der Waals surface area contributed by atoms with Crippen LogP contribution >= 0.6 is 27.7 Å². The van der Waals surface area contributed by atoms with Crippen LogP contribution in [0.25, 0.3) is 0 Å². The minimum Gasteiger partial charge on any atom is -0.324 e. The van der Waals surface area contributed by atoms with Crippen molar-refractivity contribution in [3.63, 3.8) is 0 Å². The standard InChI is InChI=1S/C12H15BrN2OS/c1-2-3-4-17-10-6-9-7(5-8(10)13)11(14)12(16)15-9/h5-6,11H,2-4,14H2,1H3,(H,15,16). The summed E-state index contributed by atoms with van der Waals surface area (Å²) in [5, 5.41) is 2.81. The fraction of sp³-hybridized carbons (Fsp3) is 0.417. The van der Waals surface area contributed by atoms with Gasteiger partial charge in [0.1, 0.15) is 6.04 Å². The molecule has 0 bridgehead atoms. The lowest BCUT2D eigenvalue weighted by atomic mass is 10.1. The molecule has 1 aliphatic heterocycles. The molecular formula is C12H15BrN2OS. The summed E-state index contributed by atoms with van der Waals surface area (Å²) < 4.78 is 1.02. The van der Waals surface area contributed by atoms with E-state index in [0.717, 1.165) is 26.4 Å². The number of thioether (sulfide) groups is 1. The van der Waals surface area contributed by atoms with Gasteiger partial charge in [-0.1, -0.05) is 13.3 Å². The fourth-order valence-electron chi connectivity index (χ4n) is 1.72. The van der Waals surface area contributed by atoms with Crippen LogP contribution in [0.3, 0.4) is 0 Å². The predicted octanol–water partition coefficient (Wildman–Crippen LogP) is 3.29. The first-order valence-corrected chi connectivity index (χ1v) is 7.44. The molecule has 2 rings (SSSR count). The highest BCUT2D eigenvalue weighted by molar-refractivity contribution is 9.10. The number of hydrogen-bond donors (Lipinski definition) is 2. The highest BCUT2D eigenvalue weighted by atomic mass is 79.9. The maximum absolute atomic E-state index is 11.5. The second-order valence-corrected chi connectivity index (χ2v) is 6.03. The molecule has 0 aromatic heterocycles. The normalized spacial score (nSPS) is 18.1. The van der Waals surface area contributed by atoms with E-state index in [-0.39, 0.29) is 5.91 Å². The van der Waals surface area contributed by atoms with Gasteiger partial charge in [0.05, 0.1) is 0 Å². The molecule has 1 aromatic rings. The van der Waals surface area contributed by atoms with Gasteiger partial charge >= 0.3 is 0 Å². The third kappa shape index (κ3) is 2.67. The lowest BCUT2D eigenvalue weighted by Crippen LogP contribution is -2.19. The summed E-state index contributed by atoms with van der Waals surface area (Å²) in [6.45, 7) is 2.18. The molecule has 0 aliphatic carbocycles. The van der Waals surface area contributed by atoms with Gasteiger partial charge in [-0.15, -0.1) is 11.8 Å². The molecule has 0 radical (unpaired) electrons. The van der Waals surface area contributed by atoms with E-state index in [1.54, 1.807) is 11.8 Å². The lowest BCUT2D eigenvalue weighted by Gasteiger charge is -2.08. The Morgan fingerprint density at radius 1 is 1.53 bits per heavy atom. The number of fused-ring (bicyclic) bond motifs is 1. The summed E-state index contributed by atoms with van der Waals surface area (Å²) in [7, 11) is 0. The van der Waals surface area contributed by atoms with Gasteiger partial charge in [-0.2, -0.15) is 0 Å². The zero-order valence-corrected chi connectivity index (χ0v) is 12.0. The highest BCUT2D eigenvalue weighted by Gasteiger charge is 2.28. The van der Waals surface area contributed by atoms with Gasteiger partial charge in [0.15, 0.2) is 0 Å². The smallest absolute Gasteiger partial charge is 0.245 e. The Balaban J connectivity index is 2.21. The van der Waals surface area contributed by atoms with Crippen molar-refractivity contribution in [3.05, 3.63) is 22.2 Å². The SMILES string of the molecule is CCCCSc1cc2c(cc1Br)C(N)C(=O)N2. The molecule has 0 spiro atoms. The number of hydrogen-bond acceptors (Lipinski definition) is 3. The van der Waals surface area contributed by atoms with Crippen molar-refractivity contribution in [1.82, 2.24) is 0 Å². The van der Waals surface area contributed by atoms with Crippen LogP contribution in [0.5, 0.6) is 0 Å². The number of benzene rings is 1. The molecule has 1 amide bonds. The number of amides is 1. The van der Waals surface area contributed by atoms with E-state index in [9.17, 15) is 4.79 Å². The van der Waals surface area contributed by atoms with E-state index in [0.29, 0.717) is 0 Å². The summed E-state index contributed by atoms with van der Waals surface area (Å²) in [4.78, 5) is 12.6. The maximum Gasteiger partial charge on any atom is 0.245 e. The minimum absolute atomic E-state index is 0.123. The Kier molecular flexibility index (Phi) is 4.12. The van der Waals surface area contributed by atoms with Crippen molar-refractivity contribution in [2.24, 2.45) is 5.73 Å². The first-order valence-electron chi connectivity index (χ1n) is 5.66. The summed E-state index contributed by atoms with van der Waals surface area (Å²) in [6, 6.07) is 3.42. The van der Waals surface area contributed by atoms with Crippen LogP contribution in [-0.2, 0) is 4.79 Å². The third-order valence-electron chi connectivity index (χ3n) is 2.73. The van der Waals surface area contributed by atoms with Crippen molar-refractivity contribution < 1.29 is 4.79 Å². The van der Waals surface area contributed by atoms with Gasteiger partial charge in [0.2, 0.25) is 5.91 Å². The van der Waals surface area contributed by atoms with Crippen LogP contribution < -0.4 is 11.1 Å². The zero-order chi connectivity index (χ0) is 12.4. The Hall–Kier alpha value is -0.520. The number of nitrogens with two attached hydrogens (primary N) is 1. The maximum atomic E-state index is 11.5. The molecule has 0 saturated carbocycles. The average Bonchev–Trinajstić information content (AvgIpc) is 2.56. The molecule has 5 heteroatoms. The van der Waals surface area contributed by atoms with Crippen molar-refractivity contribution in [2.75, 3.05) is 11.1 Å². The van der Waals surface area contributed by atoms with E-state index < -0.39 is 6.04 Å². The summed E-state index contributed by atoms with van der Waals surface area (Å²) >= 11 is 5.34. The third-order valence-corrected chi connectivity index (χ3v) is 4.80. The first-order chi connectivity index (χ1) is 8.13. The number of carbonyl (C=O) groups excluding carboxylic acids is 1. The van der Waals surface area contributed by atoms with Gasteiger partial charge in [-0.3, -0.25) is 4.79 Å². The quantitative estimate of drug-likeness (QED) is 0.662. The second-order valence-electron chi connectivity index (χ2n) is 4.04. The van der Waals surface area contributed by atoms with Crippen LogP contribution in [0.4, 0.5) is 5.69 Å². The van der Waals surface area contributed by atoms with E-state index in [2.05, 4.69) is 28.2 Å². The summed E-state index contributed by atoms with van der Waals surface area (Å²) in [5.41, 5.74) is 7.52. The number of unbranched alkanes of at least 4 members (excludes halogenated alkanes) is 1. The average molecular weight is 315 g/mol. The number of anilines is 1. The van der Waals surface area contributed by atoms with Crippen LogP contribution in [0, 0.1) is 0 Å². The molecule has 92 valence electrons. The molecule has 3 nitrogen and oxygen atoms in total. The van der Waals surface area contributed by atoms with Gasteiger partial charge in [-0.25, -0.2) is 0 Å². The predicted molar refractivity (Wildman–Crippen MR) is 75.3 cm³/mol. The molecular weight excluding hydrogens is 300 g/mol. The van der Waals surface area contributed by atoms with Crippen molar-refractivity contribution in [1.29, 1.82) is 0 Å². The summed E-state index contributed by atoms with van der Waals surface area (Å²) in [5.74, 6) is 0.969. The molecule has 1 atom stereocenters. The van der Waals surface area contributed by atoms with Gasteiger partial charge in [0, 0.05) is 20.6 Å². The molecule has 3 N–H and O–H groups in total. The van der Waals surface area contributed by atoms with E-state index >= 15 is 0 Å². The monoisotopic (exact) mass is 314 g/mol. The fourth-order valence-corrected chi connectivity index (χ4v) is 3.48. The van der Waals surface area contributed by atoms with Gasteiger partial charge in [0.25, 0.3) is 0 Å². The number of nitrogens with one attached hydrogen (secondary N) is 1. The Morgan fingerprint density at radius 2 is 2.29 bits per heavy atom. The second kappa shape index (κ2) is 5.42. The summed E-state index contributed by atoms with van der Waals surface area (Å²) in [6.07, 6.45) is 2.39. The number of rotatable bonds is 4. The van der Waals surface area contributed by atoms with Crippen LogP contribution in [0.2, 0.25) is 0 Å². The number of carbonyl (C=O) groups is 1. The first kappa shape index (κ1) is 12.9. The van der Waals surface area contributed by atoms with Crippen LogP contribution in [-0.4, -0.2) is 11.7 Å². The van der Waals surface area contributed by atoms with Crippen LogP contribution in [0.1, 0.15) is 31.4 Å². The molecule has 1 aliphatic rings. The van der Waals surface area contributed by atoms with Crippen molar-refractivity contribution in [3.8, 4) is 0 Å². The molecule has 0 fully saturated rings. The minimum atomic E-state index is -0.531. The Bertz CT molecular complexity index is 450. The van der Waals surface area contributed by atoms with Crippen molar-refractivity contribution >= 4 is 39.3 Å². The van der Waals surface area contributed by atoms with Gasteiger partial charge < -0.3 is 11.1 Å². The van der Waals surface area contributed by atoms with Crippen LogP contribution in [0.15, 0.2) is 21.5 Å². The van der Waals surface area contributed by atoms with E-state index in [1.807, 2.05) is 12.1 Å². The van der Waals surface area contributed by atoms with E-state index in [4.69, 9.17) is 5.73 Å². The van der Waals surface area contributed by atoms with Crippen molar-refractivity contribution in [2.45, 2.75) is 30.7 Å². The highest BCUT2D eigenvalue weighted by Crippen LogP contribution is 2.38. The molecule has 1 aromatic carbocycles. The molecule has 1 unspecified atom stereocenters. The largest absolute Gasteiger partial charge is 0.324 e. The molecule has 1 heterocycles. The van der Waals surface area contributed by atoms with E-state index in [1.165, 1.54) is 12.8 Å². The molecule has 0 saturated heterocycles. The van der Waals surface area contributed by atoms with Gasteiger partial charge in [-0.05, 0) is 40.2 Å². The lowest BCUT2D eigenvalue weighted by molar-refractivity contribution is -0.116. The Morgan fingerprint density at radius 3 is 3.00 bits per heavy atom. The zero-order valence-electron chi connectivity index (χ0n) is 9.63.